The average Bonchev–Trinajstić information content (AvgIpc) is 2.44. The molecule has 1 atom stereocenters. The number of likely N-dealkylation sites (N-methyl/N-ethyl adjacent to an activating group) is 1. The summed E-state index contributed by atoms with van der Waals surface area (Å²) in [7, 11) is 0. The topological polar surface area (TPSA) is 41.6 Å². The van der Waals surface area contributed by atoms with Gasteiger partial charge in [0.25, 0.3) is 0 Å². The van der Waals surface area contributed by atoms with Crippen molar-refractivity contribution in [1.29, 1.82) is 0 Å². The summed E-state index contributed by atoms with van der Waals surface area (Å²) >= 11 is 0. The maximum absolute atomic E-state index is 11.8. The van der Waals surface area contributed by atoms with Crippen LogP contribution in [0.4, 0.5) is 0 Å². The SMILES string of the molecule is CCNC(CCN1CCC(CC)CC1)C(=O)OCC. The van der Waals surface area contributed by atoms with Crippen molar-refractivity contribution >= 4 is 5.97 Å². The summed E-state index contributed by atoms with van der Waals surface area (Å²) < 4.78 is 5.11. The van der Waals surface area contributed by atoms with Crippen LogP contribution in [0.15, 0.2) is 0 Å². The fraction of sp³-hybridized carbons (Fsp3) is 0.933. The smallest absolute Gasteiger partial charge is 0.323 e. The largest absolute Gasteiger partial charge is 0.465 e. The lowest BCUT2D eigenvalue weighted by Crippen LogP contribution is -2.42. The molecular formula is C15H30N2O2. The second-order valence-electron chi connectivity index (χ2n) is 5.34. The summed E-state index contributed by atoms with van der Waals surface area (Å²) in [6.45, 7) is 10.8. The van der Waals surface area contributed by atoms with E-state index in [0.29, 0.717) is 6.61 Å². The highest BCUT2D eigenvalue weighted by atomic mass is 16.5. The Morgan fingerprint density at radius 3 is 2.53 bits per heavy atom. The van der Waals surface area contributed by atoms with Gasteiger partial charge in [-0.1, -0.05) is 20.3 Å². The highest BCUT2D eigenvalue weighted by Crippen LogP contribution is 2.20. The van der Waals surface area contributed by atoms with E-state index in [1.165, 1.54) is 32.4 Å². The standard InChI is InChI=1S/C15H30N2O2/c1-4-13-7-10-17(11-8-13)12-9-14(16-5-2)15(18)19-6-3/h13-14,16H,4-12H2,1-3H3. The van der Waals surface area contributed by atoms with Gasteiger partial charge in [-0.05, 0) is 51.7 Å². The number of rotatable bonds is 8. The number of ether oxygens (including phenoxy) is 1. The van der Waals surface area contributed by atoms with Gasteiger partial charge in [0.1, 0.15) is 6.04 Å². The summed E-state index contributed by atoms with van der Waals surface area (Å²) in [5, 5.41) is 3.23. The molecule has 0 bridgehead atoms. The van der Waals surface area contributed by atoms with Crippen molar-refractivity contribution in [3.63, 3.8) is 0 Å². The molecule has 1 rings (SSSR count). The molecule has 0 aromatic rings. The third-order valence-corrected chi connectivity index (χ3v) is 4.04. The maximum atomic E-state index is 11.8. The van der Waals surface area contributed by atoms with Gasteiger partial charge >= 0.3 is 5.97 Å². The lowest BCUT2D eigenvalue weighted by molar-refractivity contribution is -0.145. The van der Waals surface area contributed by atoms with E-state index < -0.39 is 0 Å². The Morgan fingerprint density at radius 1 is 1.32 bits per heavy atom. The van der Waals surface area contributed by atoms with E-state index in [1.807, 2.05) is 13.8 Å². The first-order valence-corrected chi connectivity index (χ1v) is 7.83. The first-order valence-electron chi connectivity index (χ1n) is 7.83. The Labute approximate surface area is 117 Å². The number of nitrogens with one attached hydrogen (secondary N) is 1. The summed E-state index contributed by atoms with van der Waals surface area (Å²) in [5.74, 6) is 0.804. The molecule has 0 spiro atoms. The molecule has 0 aromatic carbocycles. The Bertz CT molecular complexity index is 251. The predicted molar refractivity (Wildman–Crippen MR) is 78.2 cm³/mol. The third-order valence-electron chi connectivity index (χ3n) is 4.04. The average molecular weight is 270 g/mol. The van der Waals surface area contributed by atoms with Crippen molar-refractivity contribution in [2.75, 3.05) is 32.8 Å². The molecule has 0 saturated carbocycles. The van der Waals surface area contributed by atoms with E-state index in [0.717, 1.165) is 25.4 Å². The molecule has 1 aliphatic rings. The minimum atomic E-state index is -0.145. The van der Waals surface area contributed by atoms with Gasteiger partial charge in [0, 0.05) is 6.54 Å². The summed E-state index contributed by atoms with van der Waals surface area (Å²) in [4.78, 5) is 14.3. The molecule has 4 heteroatoms. The second kappa shape index (κ2) is 9.32. The first-order chi connectivity index (χ1) is 9.21. The van der Waals surface area contributed by atoms with E-state index in [2.05, 4.69) is 17.1 Å². The van der Waals surface area contributed by atoms with Crippen molar-refractivity contribution in [1.82, 2.24) is 10.2 Å². The summed E-state index contributed by atoms with van der Waals surface area (Å²) in [6, 6.07) is -0.145. The van der Waals surface area contributed by atoms with E-state index in [1.54, 1.807) is 0 Å². The zero-order chi connectivity index (χ0) is 14.1. The number of likely N-dealkylation sites (tertiary alicyclic amines) is 1. The van der Waals surface area contributed by atoms with Crippen LogP contribution in [0.25, 0.3) is 0 Å². The van der Waals surface area contributed by atoms with E-state index in [9.17, 15) is 4.79 Å². The van der Waals surface area contributed by atoms with Crippen molar-refractivity contribution in [2.24, 2.45) is 5.92 Å². The van der Waals surface area contributed by atoms with Gasteiger partial charge in [0.05, 0.1) is 6.61 Å². The molecule has 112 valence electrons. The number of carbonyl (C=O) groups excluding carboxylic acids is 1. The lowest BCUT2D eigenvalue weighted by Gasteiger charge is -2.32. The Morgan fingerprint density at radius 2 is 2.00 bits per heavy atom. The second-order valence-corrected chi connectivity index (χ2v) is 5.34. The van der Waals surface area contributed by atoms with Gasteiger partial charge in [0.15, 0.2) is 0 Å². The molecule has 1 fully saturated rings. The highest BCUT2D eigenvalue weighted by Gasteiger charge is 2.22. The van der Waals surface area contributed by atoms with Crippen LogP contribution in [-0.4, -0.2) is 49.7 Å². The van der Waals surface area contributed by atoms with Crippen LogP contribution in [-0.2, 0) is 9.53 Å². The Kier molecular flexibility index (Phi) is 8.07. The number of carbonyl (C=O) groups is 1. The van der Waals surface area contributed by atoms with E-state index >= 15 is 0 Å². The number of hydrogen-bond acceptors (Lipinski definition) is 4. The molecule has 1 saturated heterocycles. The van der Waals surface area contributed by atoms with Crippen LogP contribution in [0.2, 0.25) is 0 Å². The molecule has 19 heavy (non-hydrogen) atoms. The van der Waals surface area contributed by atoms with Crippen molar-refractivity contribution < 1.29 is 9.53 Å². The monoisotopic (exact) mass is 270 g/mol. The van der Waals surface area contributed by atoms with Crippen LogP contribution >= 0.6 is 0 Å². The first kappa shape index (κ1) is 16.4. The van der Waals surface area contributed by atoms with Gasteiger partial charge in [-0.15, -0.1) is 0 Å². The maximum Gasteiger partial charge on any atom is 0.323 e. The zero-order valence-electron chi connectivity index (χ0n) is 12.8. The number of nitrogens with zero attached hydrogens (tertiary/aromatic N) is 1. The molecule has 0 aromatic heterocycles. The molecule has 0 amide bonds. The van der Waals surface area contributed by atoms with Crippen LogP contribution in [0, 0.1) is 5.92 Å². The quantitative estimate of drug-likeness (QED) is 0.685. The number of piperidine rings is 1. The van der Waals surface area contributed by atoms with Crippen molar-refractivity contribution in [3.8, 4) is 0 Å². The fourth-order valence-electron chi connectivity index (χ4n) is 2.72. The Balaban J connectivity index is 2.29. The highest BCUT2D eigenvalue weighted by molar-refractivity contribution is 5.75. The molecule has 1 heterocycles. The van der Waals surface area contributed by atoms with Crippen molar-refractivity contribution in [2.45, 2.75) is 52.5 Å². The van der Waals surface area contributed by atoms with Gasteiger partial charge in [-0.25, -0.2) is 0 Å². The number of hydrogen-bond donors (Lipinski definition) is 1. The third kappa shape index (κ3) is 5.91. The van der Waals surface area contributed by atoms with Gasteiger partial charge in [-0.2, -0.15) is 0 Å². The van der Waals surface area contributed by atoms with E-state index in [-0.39, 0.29) is 12.0 Å². The molecular weight excluding hydrogens is 240 g/mol. The Hall–Kier alpha value is -0.610. The lowest BCUT2D eigenvalue weighted by atomic mass is 9.94. The van der Waals surface area contributed by atoms with Crippen molar-refractivity contribution in [3.05, 3.63) is 0 Å². The molecule has 4 nitrogen and oxygen atoms in total. The van der Waals surface area contributed by atoms with Gasteiger partial charge < -0.3 is 15.0 Å². The molecule has 0 radical (unpaired) electrons. The minimum absolute atomic E-state index is 0.104. The van der Waals surface area contributed by atoms with Crippen LogP contribution in [0.5, 0.6) is 0 Å². The van der Waals surface area contributed by atoms with Gasteiger partial charge in [-0.3, -0.25) is 4.79 Å². The minimum Gasteiger partial charge on any atom is -0.465 e. The zero-order valence-corrected chi connectivity index (χ0v) is 12.8. The predicted octanol–water partition coefficient (Wildman–Crippen LogP) is 2.04. The molecule has 1 unspecified atom stereocenters. The van der Waals surface area contributed by atoms with Gasteiger partial charge in [0.2, 0.25) is 0 Å². The van der Waals surface area contributed by atoms with E-state index in [4.69, 9.17) is 4.74 Å². The normalized spacial score (nSPS) is 19.3. The van der Waals surface area contributed by atoms with Crippen LogP contribution in [0.1, 0.15) is 46.5 Å². The molecule has 1 aliphatic heterocycles. The summed E-state index contributed by atoms with van der Waals surface area (Å²) in [5.41, 5.74) is 0. The molecule has 1 N–H and O–H groups in total. The summed E-state index contributed by atoms with van der Waals surface area (Å²) in [6.07, 6.45) is 4.77. The number of esters is 1. The molecule has 0 aliphatic carbocycles. The van der Waals surface area contributed by atoms with Crippen LogP contribution < -0.4 is 5.32 Å². The van der Waals surface area contributed by atoms with Crippen LogP contribution in [0.3, 0.4) is 0 Å². The fourth-order valence-corrected chi connectivity index (χ4v) is 2.72.